The molecule has 1 aliphatic rings. The number of aromatic nitrogens is 4. The fourth-order valence-electron chi connectivity index (χ4n) is 3.57. The van der Waals surface area contributed by atoms with Gasteiger partial charge in [-0.25, -0.2) is 0 Å². The van der Waals surface area contributed by atoms with Crippen LogP contribution in [0.2, 0.25) is 0 Å². The number of rotatable bonds is 4. The Bertz CT molecular complexity index is 1140. The van der Waals surface area contributed by atoms with Crippen LogP contribution in [0, 0.1) is 6.92 Å². The molecule has 1 aliphatic heterocycles. The largest absolute Gasteiger partial charge is 0.338 e. The third-order valence-corrected chi connectivity index (χ3v) is 6.01. The van der Waals surface area contributed by atoms with E-state index in [1.54, 1.807) is 11.3 Å². The summed E-state index contributed by atoms with van der Waals surface area (Å²) in [7, 11) is 0. The zero-order valence-corrected chi connectivity index (χ0v) is 16.8. The maximum absolute atomic E-state index is 13.0. The zero-order chi connectivity index (χ0) is 19.8. The monoisotopic (exact) mass is 408 g/mol. The van der Waals surface area contributed by atoms with Gasteiger partial charge in [-0.05, 0) is 30.5 Å². The molecule has 1 N–H and O–H groups in total. The molecule has 1 saturated heterocycles. The number of hydrogen-bond donors (Lipinski definition) is 1. The lowest BCUT2D eigenvalue weighted by molar-refractivity contribution is 0.0611. The highest BCUT2D eigenvalue weighted by molar-refractivity contribution is 7.13. The molecule has 9 heteroatoms. The van der Waals surface area contributed by atoms with E-state index in [4.69, 9.17) is 4.52 Å². The maximum Gasteiger partial charge on any atom is 0.275 e. The molecule has 0 radical (unpaired) electrons. The zero-order valence-electron chi connectivity index (χ0n) is 16.0. The lowest BCUT2D eigenvalue weighted by Gasteiger charge is -2.33. The fourth-order valence-corrected chi connectivity index (χ4v) is 4.22. The Hall–Kier alpha value is -3.04. The number of benzene rings is 1. The minimum Gasteiger partial charge on any atom is -0.338 e. The van der Waals surface area contributed by atoms with Crippen molar-refractivity contribution in [2.45, 2.75) is 13.5 Å². The van der Waals surface area contributed by atoms with Gasteiger partial charge in [0, 0.05) is 31.6 Å². The van der Waals surface area contributed by atoms with Crippen molar-refractivity contribution in [2.75, 3.05) is 26.2 Å². The number of nitrogens with zero attached hydrogens (tertiary/aromatic N) is 5. The van der Waals surface area contributed by atoms with Crippen molar-refractivity contribution in [3.05, 3.63) is 52.9 Å². The number of fused-ring (bicyclic) bond motifs is 1. The van der Waals surface area contributed by atoms with Crippen LogP contribution in [0.25, 0.3) is 21.6 Å². The first-order valence-corrected chi connectivity index (χ1v) is 10.4. The average molecular weight is 408 g/mol. The summed E-state index contributed by atoms with van der Waals surface area (Å²) in [6.07, 6.45) is 0. The van der Waals surface area contributed by atoms with E-state index < -0.39 is 0 Å². The van der Waals surface area contributed by atoms with Gasteiger partial charge in [-0.1, -0.05) is 22.9 Å². The van der Waals surface area contributed by atoms with Crippen molar-refractivity contribution < 1.29 is 9.32 Å². The molecule has 3 aromatic heterocycles. The van der Waals surface area contributed by atoms with E-state index in [2.05, 4.69) is 25.2 Å². The van der Waals surface area contributed by atoms with E-state index in [0.717, 1.165) is 34.4 Å². The first-order valence-electron chi connectivity index (χ1n) is 9.50. The van der Waals surface area contributed by atoms with Crippen LogP contribution in [0.5, 0.6) is 0 Å². The number of thiophene rings is 1. The van der Waals surface area contributed by atoms with Crippen LogP contribution in [0.4, 0.5) is 0 Å². The molecule has 4 heterocycles. The Kier molecular flexibility index (Phi) is 4.61. The van der Waals surface area contributed by atoms with E-state index in [9.17, 15) is 4.79 Å². The molecule has 4 aromatic rings. The van der Waals surface area contributed by atoms with Crippen LogP contribution in [0.3, 0.4) is 0 Å². The van der Waals surface area contributed by atoms with Crippen LogP contribution >= 0.6 is 11.3 Å². The quantitative estimate of drug-likeness (QED) is 0.558. The molecule has 5 rings (SSSR count). The van der Waals surface area contributed by atoms with E-state index >= 15 is 0 Å². The maximum atomic E-state index is 13.0. The molecule has 0 atom stereocenters. The fraction of sp³-hybridized carbons (Fsp3) is 0.300. The number of piperazine rings is 1. The molecule has 0 saturated carbocycles. The van der Waals surface area contributed by atoms with E-state index in [0.29, 0.717) is 37.0 Å². The average Bonchev–Trinajstić information content (AvgIpc) is 3.48. The highest BCUT2D eigenvalue weighted by atomic mass is 32.1. The van der Waals surface area contributed by atoms with Gasteiger partial charge < -0.3 is 9.42 Å². The Morgan fingerprint density at radius 1 is 1.24 bits per heavy atom. The van der Waals surface area contributed by atoms with Gasteiger partial charge in [0.05, 0.1) is 16.9 Å². The number of aryl methyl sites for hydroxylation is 1. The summed E-state index contributed by atoms with van der Waals surface area (Å²) in [5, 5.41) is 14.1. The van der Waals surface area contributed by atoms with Gasteiger partial charge in [-0.15, -0.1) is 11.3 Å². The highest BCUT2D eigenvalue weighted by Crippen LogP contribution is 2.22. The predicted octanol–water partition coefficient (Wildman–Crippen LogP) is 2.94. The normalized spacial score (nSPS) is 15.3. The number of amides is 1. The summed E-state index contributed by atoms with van der Waals surface area (Å²) in [4.78, 5) is 22.5. The van der Waals surface area contributed by atoms with E-state index in [1.165, 1.54) is 0 Å². The second-order valence-corrected chi connectivity index (χ2v) is 8.13. The van der Waals surface area contributed by atoms with E-state index in [-0.39, 0.29) is 5.91 Å². The third-order valence-electron chi connectivity index (χ3n) is 5.15. The van der Waals surface area contributed by atoms with Crippen LogP contribution in [0.15, 0.2) is 40.2 Å². The van der Waals surface area contributed by atoms with Crippen LogP contribution < -0.4 is 0 Å². The topological polar surface area (TPSA) is 91.2 Å². The first-order chi connectivity index (χ1) is 14.2. The predicted molar refractivity (Wildman–Crippen MR) is 110 cm³/mol. The van der Waals surface area contributed by atoms with Gasteiger partial charge in [0.25, 0.3) is 5.91 Å². The molecule has 1 fully saturated rings. The number of carbonyl (C=O) groups excluding carboxylic acids is 1. The highest BCUT2D eigenvalue weighted by Gasteiger charge is 2.26. The van der Waals surface area contributed by atoms with Gasteiger partial charge in [0.2, 0.25) is 11.7 Å². The first kappa shape index (κ1) is 18.0. The Balaban J connectivity index is 1.22. The minimum atomic E-state index is -0.0285. The minimum absolute atomic E-state index is 0.0285. The van der Waals surface area contributed by atoms with Gasteiger partial charge in [-0.3, -0.25) is 14.8 Å². The Morgan fingerprint density at radius 3 is 2.90 bits per heavy atom. The van der Waals surface area contributed by atoms with Crippen molar-refractivity contribution >= 4 is 28.1 Å². The SMILES string of the molecule is Cc1ccc2[nH]nc(C(=O)N3CCN(Cc4nc(-c5cccs5)no4)CC3)c2c1. The molecule has 0 spiro atoms. The second kappa shape index (κ2) is 7.41. The lowest BCUT2D eigenvalue weighted by Crippen LogP contribution is -2.48. The summed E-state index contributed by atoms with van der Waals surface area (Å²) >= 11 is 1.59. The van der Waals surface area contributed by atoms with Gasteiger partial charge >= 0.3 is 0 Å². The summed E-state index contributed by atoms with van der Waals surface area (Å²) < 4.78 is 5.39. The number of nitrogens with one attached hydrogen (secondary N) is 1. The second-order valence-electron chi connectivity index (χ2n) is 7.18. The van der Waals surface area contributed by atoms with Crippen molar-refractivity contribution in [2.24, 2.45) is 0 Å². The molecule has 1 aromatic carbocycles. The molecule has 0 bridgehead atoms. The van der Waals surface area contributed by atoms with Crippen molar-refractivity contribution in [3.63, 3.8) is 0 Å². The Morgan fingerprint density at radius 2 is 2.10 bits per heavy atom. The molecule has 8 nitrogen and oxygen atoms in total. The van der Waals surface area contributed by atoms with Crippen LogP contribution in [-0.2, 0) is 6.54 Å². The third kappa shape index (κ3) is 3.54. The smallest absolute Gasteiger partial charge is 0.275 e. The van der Waals surface area contributed by atoms with Crippen molar-refractivity contribution in [1.29, 1.82) is 0 Å². The summed E-state index contributed by atoms with van der Waals surface area (Å²) in [6.45, 7) is 5.40. The molecular weight excluding hydrogens is 388 g/mol. The molecule has 29 heavy (non-hydrogen) atoms. The van der Waals surface area contributed by atoms with E-state index in [1.807, 2.05) is 47.5 Å². The summed E-state index contributed by atoms with van der Waals surface area (Å²) in [6, 6.07) is 9.92. The molecule has 148 valence electrons. The lowest BCUT2D eigenvalue weighted by atomic mass is 10.1. The summed E-state index contributed by atoms with van der Waals surface area (Å²) in [5.74, 6) is 1.20. The molecular formula is C20H20N6O2S. The number of H-pyrrole nitrogens is 1. The Labute approximate surface area is 171 Å². The standard InChI is InChI=1S/C20H20N6O2S/c1-13-4-5-15-14(11-13)18(23-22-15)20(27)26-8-6-25(7-9-26)12-17-21-19(24-28-17)16-3-2-10-29-16/h2-5,10-11H,6-9,12H2,1H3,(H,22,23). The molecule has 1 amide bonds. The number of carbonyl (C=O) groups is 1. The molecule has 0 aliphatic carbocycles. The summed E-state index contributed by atoms with van der Waals surface area (Å²) in [5.41, 5.74) is 2.49. The molecule has 0 unspecified atom stereocenters. The van der Waals surface area contributed by atoms with Crippen LogP contribution in [-0.4, -0.2) is 62.2 Å². The van der Waals surface area contributed by atoms with Crippen molar-refractivity contribution in [1.82, 2.24) is 30.1 Å². The van der Waals surface area contributed by atoms with Gasteiger partial charge in [-0.2, -0.15) is 10.1 Å². The van der Waals surface area contributed by atoms with Crippen molar-refractivity contribution in [3.8, 4) is 10.7 Å². The number of hydrogen-bond acceptors (Lipinski definition) is 7. The number of aromatic amines is 1. The van der Waals surface area contributed by atoms with Gasteiger partial charge in [0.1, 0.15) is 0 Å². The van der Waals surface area contributed by atoms with Gasteiger partial charge in [0.15, 0.2) is 5.69 Å². The van der Waals surface area contributed by atoms with Crippen LogP contribution in [0.1, 0.15) is 21.9 Å².